The highest BCUT2D eigenvalue weighted by atomic mass is 32.2. The molecule has 2 aromatic heterocycles. The Morgan fingerprint density at radius 1 is 1.29 bits per heavy atom. The predicted octanol–water partition coefficient (Wildman–Crippen LogP) is 2.33. The first-order valence-corrected chi connectivity index (χ1v) is 8.81. The maximum atomic E-state index is 12.4. The molecular weight excluding hydrogens is 306 g/mol. The van der Waals surface area contributed by atoms with Crippen LogP contribution in [0.2, 0.25) is 0 Å². The average molecular weight is 321 g/mol. The molecule has 0 atom stereocenters. The van der Waals surface area contributed by atoms with Crippen molar-refractivity contribution >= 4 is 38.0 Å². The van der Waals surface area contributed by atoms with Gasteiger partial charge in [-0.1, -0.05) is 6.07 Å². The summed E-state index contributed by atoms with van der Waals surface area (Å²) in [6.45, 7) is 0.373. The summed E-state index contributed by atoms with van der Waals surface area (Å²) in [5.41, 5.74) is 7.02. The lowest BCUT2D eigenvalue weighted by Gasteiger charge is -2.05. The van der Waals surface area contributed by atoms with Crippen LogP contribution in [-0.2, 0) is 16.4 Å². The van der Waals surface area contributed by atoms with Crippen molar-refractivity contribution in [1.29, 1.82) is 0 Å². The van der Waals surface area contributed by atoms with Crippen molar-refractivity contribution in [1.82, 2.24) is 9.71 Å². The van der Waals surface area contributed by atoms with Crippen molar-refractivity contribution in [2.75, 3.05) is 12.3 Å². The molecule has 0 saturated carbocycles. The van der Waals surface area contributed by atoms with E-state index in [1.165, 1.54) is 6.20 Å². The van der Waals surface area contributed by atoms with Crippen LogP contribution in [0.4, 0.5) is 5.69 Å². The number of rotatable bonds is 5. The van der Waals surface area contributed by atoms with Crippen molar-refractivity contribution in [3.63, 3.8) is 0 Å². The minimum atomic E-state index is -3.55. The number of nitrogens with one attached hydrogen (secondary N) is 2. The molecule has 0 fully saturated rings. The van der Waals surface area contributed by atoms with Crippen molar-refractivity contribution in [2.45, 2.75) is 11.3 Å². The minimum Gasteiger partial charge on any atom is -0.399 e. The van der Waals surface area contributed by atoms with Gasteiger partial charge in [-0.15, -0.1) is 11.3 Å². The Labute approximate surface area is 126 Å². The van der Waals surface area contributed by atoms with Crippen molar-refractivity contribution in [3.8, 4) is 0 Å². The van der Waals surface area contributed by atoms with Crippen LogP contribution < -0.4 is 10.5 Å². The molecular formula is C14H15N3O2S2. The molecule has 0 saturated heterocycles. The van der Waals surface area contributed by atoms with E-state index in [2.05, 4.69) is 9.71 Å². The molecule has 4 N–H and O–H groups in total. The van der Waals surface area contributed by atoms with E-state index in [0.29, 0.717) is 24.0 Å². The zero-order chi connectivity index (χ0) is 14.9. The quantitative estimate of drug-likeness (QED) is 0.630. The Morgan fingerprint density at radius 3 is 2.90 bits per heavy atom. The van der Waals surface area contributed by atoms with Gasteiger partial charge in [-0.3, -0.25) is 0 Å². The predicted molar refractivity (Wildman–Crippen MR) is 85.9 cm³/mol. The average Bonchev–Trinajstić information content (AvgIpc) is 3.07. The Bertz CT molecular complexity index is 852. The lowest BCUT2D eigenvalue weighted by Crippen LogP contribution is -2.25. The highest BCUT2D eigenvalue weighted by Gasteiger charge is 2.18. The van der Waals surface area contributed by atoms with E-state index in [1.54, 1.807) is 29.5 Å². The molecule has 0 radical (unpaired) electrons. The lowest BCUT2D eigenvalue weighted by molar-refractivity contribution is 0.583. The number of H-pyrrole nitrogens is 1. The van der Waals surface area contributed by atoms with Crippen LogP contribution in [0.5, 0.6) is 0 Å². The SMILES string of the molecule is Nc1ccc2[nH]cc(S(=O)(=O)NCCc3cccs3)c2c1. The second-order valence-electron chi connectivity index (χ2n) is 4.69. The van der Waals surface area contributed by atoms with Crippen molar-refractivity contribution in [3.05, 3.63) is 46.8 Å². The van der Waals surface area contributed by atoms with Crippen molar-refractivity contribution < 1.29 is 8.42 Å². The molecule has 7 heteroatoms. The van der Waals surface area contributed by atoms with Crippen LogP contribution in [0.3, 0.4) is 0 Å². The van der Waals surface area contributed by atoms with E-state index >= 15 is 0 Å². The van der Waals surface area contributed by atoms with Crippen molar-refractivity contribution in [2.24, 2.45) is 0 Å². The topological polar surface area (TPSA) is 88.0 Å². The summed E-state index contributed by atoms with van der Waals surface area (Å²) in [6.07, 6.45) is 2.18. The number of fused-ring (bicyclic) bond motifs is 1. The summed E-state index contributed by atoms with van der Waals surface area (Å²) in [5.74, 6) is 0. The monoisotopic (exact) mass is 321 g/mol. The number of nitrogen functional groups attached to an aromatic ring is 1. The molecule has 3 aromatic rings. The first kappa shape index (κ1) is 14.1. The summed E-state index contributed by atoms with van der Waals surface area (Å²) in [4.78, 5) is 4.34. The fourth-order valence-electron chi connectivity index (χ4n) is 2.18. The van der Waals surface area contributed by atoms with Crippen LogP contribution in [-0.4, -0.2) is 19.9 Å². The van der Waals surface area contributed by atoms with Gasteiger partial charge in [0.05, 0.1) is 0 Å². The van der Waals surface area contributed by atoms with E-state index in [4.69, 9.17) is 5.73 Å². The number of thiophene rings is 1. The molecule has 110 valence electrons. The largest absolute Gasteiger partial charge is 0.399 e. The minimum absolute atomic E-state index is 0.232. The Morgan fingerprint density at radius 2 is 2.14 bits per heavy atom. The van der Waals surface area contributed by atoms with Gasteiger partial charge in [0, 0.05) is 34.2 Å². The number of nitrogens with two attached hydrogens (primary N) is 1. The van der Waals surface area contributed by atoms with Gasteiger partial charge < -0.3 is 10.7 Å². The van der Waals surface area contributed by atoms with Crippen LogP contribution in [0, 0.1) is 0 Å². The number of benzene rings is 1. The number of hydrogen-bond donors (Lipinski definition) is 3. The van der Waals surface area contributed by atoms with Gasteiger partial charge in [0.25, 0.3) is 0 Å². The summed E-state index contributed by atoms with van der Waals surface area (Å²) in [7, 11) is -3.55. The molecule has 0 aliphatic rings. The van der Waals surface area contributed by atoms with E-state index in [-0.39, 0.29) is 4.90 Å². The lowest BCUT2D eigenvalue weighted by atomic mass is 10.2. The maximum absolute atomic E-state index is 12.4. The van der Waals surface area contributed by atoms with E-state index in [0.717, 1.165) is 10.4 Å². The van der Waals surface area contributed by atoms with Gasteiger partial charge in [0.2, 0.25) is 10.0 Å². The van der Waals surface area contributed by atoms with Crippen LogP contribution in [0.15, 0.2) is 46.8 Å². The van der Waals surface area contributed by atoms with Crippen LogP contribution in [0.25, 0.3) is 10.9 Å². The maximum Gasteiger partial charge on any atom is 0.242 e. The summed E-state index contributed by atoms with van der Waals surface area (Å²) in [5, 5.41) is 2.59. The van der Waals surface area contributed by atoms with Gasteiger partial charge in [0.15, 0.2) is 0 Å². The highest BCUT2D eigenvalue weighted by Crippen LogP contribution is 2.24. The number of aromatic nitrogens is 1. The van der Waals surface area contributed by atoms with E-state index in [9.17, 15) is 8.42 Å². The zero-order valence-electron chi connectivity index (χ0n) is 11.2. The van der Waals surface area contributed by atoms with E-state index in [1.807, 2.05) is 17.5 Å². The van der Waals surface area contributed by atoms with Crippen LogP contribution in [0.1, 0.15) is 4.88 Å². The Balaban J connectivity index is 1.81. The third kappa shape index (κ3) is 2.94. The fraction of sp³-hybridized carbons (Fsp3) is 0.143. The first-order chi connectivity index (χ1) is 10.1. The molecule has 0 unspecified atom stereocenters. The fourth-order valence-corrected chi connectivity index (χ4v) is 4.08. The third-order valence-corrected chi connectivity index (χ3v) is 5.64. The van der Waals surface area contributed by atoms with Crippen LogP contribution >= 0.6 is 11.3 Å². The van der Waals surface area contributed by atoms with Gasteiger partial charge in [-0.05, 0) is 36.1 Å². The smallest absolute Gasteiger partial charge is 0.242 e. The Hall–Kier alpha value is -1.83. The van der Waals surface area contributed by atoms with E-state index < -0.39 is 10.0 Å². The van der Waals surface area contributed by atoms with Gasteiger partial charge in [-0.2, -0.15) is 0 Å². The molecule has 5 nitrogen and oxygen atoms in total. The second kappa shape index (κ2) is 5.51. The van der Waals surface area contributed by atoms with Gasteiger partial charge in [-0.25, -0.2) is 13.1 Å². The molecule has 0 aliphatic carbocycles. The summed E-state index contributed by atoms with van der Waals surface area (Å²) < 4.78 is 27.4. The third-order valence-electron chi connectivity index (χ3n) is 3.20. The molecule has 0 aliphatic heterocycles. The summed E-state index contributed by atoms with van der Waals surface area (Å²) >= 11 is 1.62. The molecule has 2 heterocycles. The van der Waals surface area contributed by atoms with Gasteiger partial charge in [0.1, 0.15) is 4.90 Å². The van der Waals surface area contributed by atoms with Gasteiger partial charge >= 0.3 is 0 Å². The number of sulfonamides is 1. The molecule has 0 amide bonds. The summed E-state index contributed by atoms with van der Waals surface area (Å²) in [6, 6.07) is 9.12. The second-order valence-corrected chi connectivity index (χ2v) is 7.45. The first-order valence-electron chi connectivity index (χ1n) is 6.45. The molecule has 0 spiro atoms. The molecule has 3 rings (SSSR count). The Kier molecular flexibility index (Phi) is 3.71. The highest BCUT2D eigenvalue weighted by molar-refractivity contribution is 7.89. The standard InChI is InChI=1S/C14H15N3O2S2/c15-10-3-4-13-12(8-10)14(9-16-13)21(18,19)17-6-5-11-2-1-7-20-11/h1-4,7-9,16-17H,5-6,15H2. The zero-order valence-corrected chi connectivity index (χ0v) is 12.8. The number of anilines is 1. The number of hydrogen-bond acceptors (Lipinski definition) is 4. The molecule has 1 aromatic carbocycles. The molecule has 21 heavy (non-hydrogen) atoms. The number of aromatic amines is 1. The molecule has 0 bridgehead atoms. The normalized spacial score (nSPS) is 12.0.